The Morgan fingerprint density at radius 1 is 0.429 bits per heavy atom. The lowest BCUT2D eigenvalue weighted by Crippen LogP contribution is -3.00. The van der Waals surface area contributed by atoms with Crippen molar-refractivity contribution in [3.05, 3.63) is 0 Å². The van der Waals surface area contributed by atoms with Crippen LogP contribution in [0.3, 0.4) is 0 Å². The summed E-state index contributed by atoms with van der Waals surface area (Å²) in [5.74, 6) is 0.493. The highest BCUT2D eigenvalue weighted by Gasteiger charge is 2.37. The number of hydrogen-bond acceptors (Lipinski definition) is 2. The second kappa shape index (κ2) is 40.6. The number of rotatable bonds is 41. The van der Waals surface area contributed by atoms with E-state index >= 15 is 0 Å². The molecule has 0 heterocycles. The van der Waals surface area contributed by atoms with Crippen molar-refractivity contribution in [3.63, 3.8) is 0 Å². The van der Waals surface area contributed by atoms with E-state index in [-0.39, 0.29) is 18.4 Å². The Labute approximate surface area is 316 Å². The fourth-order valence-electron chi connectivity index (χ4n) is 7.57. The molecule has 0 aliphatic heterocycles. The molecule has 49 heavy (non-hydrogen) atoms. The third-order valence-corrected chi connectivity index (χ3v) is 11.1. The molecule has 0 rings (SSSR count). The first-order valence-electron chi connectivity index (χ1n) is 22.5. The fraction of sp³-hybridized carbons (Fsp3) is 0.978. The minimum absolute atomic E-state index is 0. The molecule has 0 aliphatic carbocycles. The molecule has 0 aromatic carbocycles. The van der Waals surface area contributed by atoms with Crippen LogP contribution < -0.4 is 12.4 Å². The lowest BCUT2D eigenvalue weighted by molar-refractivity contribution is -0.925. The van der Waals surface area contributed by atoms with Gasteiger partial charge in [-0.2, -0.15) is 0 Å². The quantitative estimate of drug-likeness (QED) is 0.0466. The van der Waals surface area contributed by atoms with Crippen molar-refractivity contribution in [2.75, 3.05) is 33.4 Å². The molecular formula is C45H92ClNO2. The maximum atomic E-state index is 14.0. The number of ether oxygens (including phenoxy) is 1. The summed E-state index contributed by atoms with van der Waals surface area (Å²) in [6.45, 7) is 12.9. The van der Waals surface area contributed by atoms with Crippen LogP contribution in [0.1, 0.15) is 246 Å². The summed E-state index contributed by atoms with van der Waals surface area (Å²) in [6.07, 6.45) is 44.8. The number of likely N-dealkylation sites (N-methyl/N-ethyl adjacent to an activating group) is 1. The van der Waals surface area contributed by atoms with Crippen LogP contribution in [0.4, 0.5) is 0 Å². The van der Waals surface area contributed by atoms with Gasteiger partial charge in [0, 0.05) is 13.0 Å². The van der Waals surface area contributed by atoms with Gasteiger partial charge in [0.05, 0.1) is 20.1 Å². The number of carbonyl (C=O) groups is 1. The van der Waals surface area contributed by atoms with Crippen molar-refractivity contribution in [2.45, 2.75) is 252 Å². The number of hydrogen-bond donors (Lipinski definition) is 0. The molecule has 0 aromatic heterocycles. The van der Waals surface area contributed by atoms with Gasteiger partial charge < -0.3 is 21.6 Å². The zero-order valence-corrected chi connectivity index (χ0v) is 35.3. The predicted molar refractivity (Wildman–Crippen MR) is 215 cm³/mol. The Balaban J connectivity index is 0. The van der Waals surface area contributed by atoms with Gasteiger partial charge in [-0.3, -0.25) is 4.79 Å². The van der Waals surface area contributed by atoms with E-state index in [0.29, 0.717) is 12.4 Å². The number of quaternary nitrogens is 1. The Kier molecular flexibility index (Phi) is 42.3. The monoisotopic (exact) mass is 714 g/mol. The molecule has 0 saturated carbocycles. The van der Waals surface area contributed by atoms with E-state index in [1.807, 2.05) is 0 Å². The molecular weight excluding hydrogens is 622 g/mol. The predicted octanol–water partition coefficient (Wildman–Crippen LogP) is 11.7. The summed E-state index contributed by atoms with van der Waals surface area (Å²) in [7, 11) is 2.42. The maximum Gasteiger partial charge on any atom is 0.192 e. The molecule has 0 saturated heterocycles. The topological polar surface area (TPSA) is 26.3 Å². The van der Waals surface area contributed by atoms with Gasteiger partial charge in [-0.25, -0.2) is 0 Å². The number of nitrogens with zero attached hydrogens (tertiary/aromatic N) is 1. The summed E-state index contributed by atoms with van der Waals surface area (Å²) in [5, 5.41) is 0. The zero-order valence-electron chi connectivity index (χ0n) is 34.6. The first-order valence-corrected chi connectivity index (χ1v) is 22.5. The van der Waals surface area contributed by atoms with Crippen LogP contribution >= 0.6 is 0 Å². The van der Waals surface area contributed by atoms with Crippen molar-refractivity contribution < 1.29 is 26.4 Å². The van der Waals surface area contributed by atoms with Gasteiger partial charge >= 0.3 is 0 Å². The van der Waals surface area contributed by atoms with Crippen molar-refractivity contribution >= 4 is 5.78 Å². The molecule has 0 fully saturated rings. The smallest absolute Gasteiger partial charge is 0.192 e. The van der Waals surface area contributed by atoms with Crippen LogP contribution in [-0.2, 0) is 9.53 Å². The standard InChI is InChI=1S/C45H92NO2.ClH/c1-6-10-14-18-22-24-25-26-28-30-34-38-42-48-43-44(45(47)39-35-31-29-27-23-19-15-11-7-2)46(5,40-36-32-20-16-12-8-3)41-37-33-21-17-13-9-4;/h44H,6-43H2,1-5H3;1H/q+1;/p-1. The molecule has 0 N–H and O–H groups in total. The summed E-state index contributed by atoms with van der Waals surface area (Å²) >= 11 is 0. The molecule has 0 amide bonds. The van der Waals surface area contributed by atoms with Crippen LogP contribution in [0.2, 0.25) is 0 Å². The molecule has 1 unspecified atom stereocenters. The SMILES string of the molecule is CCCCCCCCCCCCCCOCC(C(=O)CCCCCCCCCCC)[N+](C)(CCCCCCCC)CCCCCCCC.[Cl-]. The first kappa shape index (κ1) is 51.0. The van der Waals surface area contributed by atoms with Crippen LogP contribution in [0.5, 0.6) is 0 Å². The van der Waals surface area contributed by atoms with Gasteiger partial charge in [0.15, 0.2) is 11.8 Å². The fourth-order valence-corrected chi connectivity index (χ4v) is 7.57. The highest BCUT2D eigenvalue weighted by atomic mass is 35.5. The molecule has 0 radical (unpaired) electrons. The second-order valence-electron chi connectivity index (χ2n) is 16.0. The van der Waals surface area contributed by atoms with Crippen molar-refractivity contribution in [1.29, 1.82) is 0 Å². The molecule has 0 bridgehead atoms. The Morgan fingerprint density at radius 2 is 0.714 bits per heavy atom. The Hall–Kier alpha value is -0.120. The molecule has 1 atom stereocenters. The molecule has 0 aromatic rings. The number of unbranched alkanes of at least 4 members (excludes halogenated alkanes) is 29. The van der Waals surface area contributed by atoms with E-state index < -0.39 is 0 Å². The van der Waals surface area contributed by atoms with E-state index in [9.17, 15) is 4.79 Å². The van der Waals surface area contributed by atoms with Gasteiger partial charge in [-0.1, -0.05) is 201 Å². The van der Waals surface area contributed by atoms with Gasteiger partial charge in [0.2, 0.25) is 0 Å². The van der Waals surface area contributed by atoms with Crippen molar-refractivity contribution in [3.8, 4) is 0 Å². The summed E-state index contributed by atoms with van der Waals surface area (Å²) in [6, 6.07) is 0.0163. The molecule has 0 spiro atoms. The lowest BCUT2D eigenvalue weighted by atomic mass is 9.99. The third-order valence-electron chi connectivity index (χ3n) is 11.1. The molecule has 3 nitrogen and oxygen atoms in total. The van der Waals surface area contributed by atoms with Crippen molar-refractivity contribution in [2.24, 2.45) is 0 Å². The normalized spacial score (nSPS) is 12.3. The van der Waals surface area contributed by atoms with Crippen LogP contribution in [-0.4, -0.2) is 49.7 Å². The minimum atomic E-state index is 0. The van der Waals surface area contributed by atoms with Gasteiger partial charge in [0.1, 0.15) is 6.61 Å². The average molecular weight is 715 g/mol. The van der Waals surface area contributed by atoms with E-state index in [1.165, 1.54) is 199 Å². The van der Waals surface area contributed by atoms with Crippen LogP contribution in [0.15, 0.2) is 0 Å². The molecule has 4 heteroatoms. The van der Waals surface area contributed by atoms with Gasteiger partial charge in [-0.15, -0.1) is 0 Å². The van der Waals surface area contributed by atoms with E-state index in [4.69, 9.17) is 4.74 Å². The third kappa shape index (κ3) is 33.5. The zero-order chi connectivity index (χ0) is 35.2. The lowest BCUT2D eigenvalue weighted by Gasteiger charge is -2.41. The minimum Gasteiger partial charge on any atom is -1.00 e. The maximum absolute atomic E-state index is 14.0. The number of ketones is 1. The van der Waals surface area contributed by atoms with Crippen molar-refractivity contribution in [1.82, 2.24) is 0 Å². The van der Waals surface area contributed by atoms with E-state index in [2.05, 4.69) is 34.7 Å². The molecule has 0 aliphatic rings. The van der Waals surface area contributed by atoms with Crippen LogP contribution in [0.25, 0.3) is 0 Å². The number of Topliss-reactive ketones (excluding diaryl/α,β-unsaturated/α-hetero) is 1. The highest BCUT2D eigenvalue weighted by Crippen LogP contribution is 2.22. The Morgan fingerprint density at radius 3 is 1.06 bits per heavy atom. The largest absolute Gasteiger partial charge is 1.00 e. The highest BCUT2D eigenvalue weighted by molar-refractivity contribution is 5.83. The second-order valence-corrected chi connectivity index (χ2v) is 16.0. The Bertz CT molecular complexity index is 626. The summed E-state index contributed by atoms with van der Waals surface area (Å²) in [4.78, 5) is 14.0. The first-order chi connectivity index (χ1) is 23.6. The van der Waals surface area contributed by atoms with E-state index in [1.54, 1.807) is 0 Å². The summed E-state index contributed by atoms with van der Waals surface area (Å²) in [5.41, 5.74) is 0. The van der Waals surface area contributed by atoms with Gasteiger partial charge in [0.25, 0.3) is 0 Å². The summed E-state index contributed by atoms with van der Waals surface area (Å²) < 4.78 is 7.34. The average Bonchev–Trinajstić information content (AvgIpc) is 3.08. The van der Waals surface area contributed by atoms with Crippen LogP contribution in [0, 0.1) is 0 Å². The van der Waals surface area contributed by atoms with Gasteiger partial charge in [-0.05, 0) is 38.5 Å². The molecule has 296 valence electrons. The number of carbonyl (C=O) groups excluding carboxylic acids is 1. The van der Waals surface area contributed by atoms with E-state index in [0.717, 1.165) is 43.4 Å². The number of halogens is 1.